The molecule has 0 fully saturated rings. The van der Waals surface area contributed by atoms with Gasteiger partial charge in [-0.1, -0.05) is 418 Å². The normalized spacial score (nSPS) is 12.5. The molecular weight excluding hydrogens is 1030 g/mol. The second-order valence-electron chi connectivity index (χ2n) is 27.1. The molecule has 0 radical (unpaired) electrons. The molecule has 2 unspecified atom stereocenters. The van der Waals surface area contributed by atoms with Crippen molar-refractivity contribution < 1.29 is 24.5 Å². The summed E-state index contributed by atoms with van der Waals surface area (Å²) in [6.45, 7) is 4.95. The molecule has 0 heterocycles. The van der Waals surface area contributed by atoms with Crippen LogP contribution < -0.4 is 5.32 Å². The lowest BCUT2D eigenvalue weighted by Crippen LogP contribution is -2.45. The Morgan fingerprint density at radius 2 is 0.548 bits per heavy atom. The Balaban J connectivity index is 3.28. The Labute approximate surface area is 527 Å². The number of aliphatic hydroxyl groups is 2. The van der Waals surface area contributed by atoms with Gasteiger partial charge in [0.2, 0.25) is 5.91 Å². The molecule has 0 rings (SSSR count). The quantitative estimate of drug-likeness (QED) is 0.0320. The van der Waals surface area contributed by atoms with E-state index in [0.29, 0.717) is 19.4 Å². The van der Waals surface area contributed by atoms with Gasteiger partial charge in [0, 0.05) is 12.8 Å². The van der Waals surface area contributed by atoms with Crippen molar-refractivity contribution in [2.24, 2.45) is 0 Å². The molecule has 0 saturated heterocycles. The average molecular weight is 1190 g/mol. The summed E-state index contributed by atoms with van der Waals surface area (Å²) in [6.07, 6.45) is 93.5. The van der Waals surface area contributed by atoms with Gasteiger partial charge in [0.15, 0.2) is 0 Å². The molecule has 0 aliphatic heterocycles. The van der Waals surface area contributed by atoms with E-state index in [-0.39, 0.29) is 18.5 Å². The van der Waals surface area contributed by atoms with Gasteiger partial charge in [-0.25, -0.2) is 0 Å². The number of amides is 1. The molecule has 2 atom stereocenters. The van der Waals surface area contributed by atoms with Crippen LogP contribution in [-0.4, -0.2) is 47.4 Å². The molecule has 0 spiro atoms. The smallest absolute Gasteiger partial charge is 0.305 e. The van der Waals surface area contributed by atoms with E-state index in [1.807, 2.05) is 6.08 Å². The van der Waals surface area contributed by atoms with Crippen LogP contribution in [0.4, 0.5) is 0 Å². The van der Waals surface area contributed by atoms with Gasteiger partial charge >= 0.3 is 5.97 Å². The van der Waals surface area contributed by atoms with Crippen molar-refractivity contribution in [2.75, 3.05) is 13.2 Å². The zero-order valence-corrected chi connectivity index (χ0v) is 57.4. The molecule has 6 nitrogen and oxygen atoms in total. The molecule has 0 aromatic carbocycles. The summed E-state index contributed by atoms with van der Waals surface area (Å²) in [5, 5.41) is 23.2. The summed E-state index contributed by atoms with van der Waals surface area (Å²) in [4.78, 5) is 24.6. The maximum absolute atomic E-state index is 12.5. The number of allylic oxidation sites excluding steroid dienone is 1. The van der Waals surface area contributed by atoms with E-state index in [1.54, 1.807) is 6.08 Å². The first-order valence-corrected chi connectivity index (χ1v) is 39.0. The molecule has 0 bridgehead atoms. The number of hydrogen-bond donors (Lipinski definition) is 3. The van der Waals surface area contributed by atoms with Gasteiger partial charge in [-0.3, -0.25) is 9.59 Å². The highest BCUT2D eigenvalue weighted by Gasteiger charge is 2.18. The molecule has 0 aromatic rings. The second kappa shape index (κ2) is 74.1. The average Bonchev–Trinajstić information content (AvgIpc) is 3.52. The van der Waals surface area contributed by atoms with E-state index in [4.69, 9.17) is 4.74 Å². The number of ether oxygens (including phenoxy) is 1. The first kappa shape index (κ1) is 82.6. The van der Waals surface area contributed by atoms with E-state index in [9.17, 15) is 19.8 Å². The van der Waals surface area contributed by atoms with Gasteiger partial charge in [-0.15, -0.1) is 0 Å². The standard InChI is InChI=1S/C78H153NO5/c1-3-5-7-9-11-13-15-17-46-50-54-58-62-66-70-76(81)75(74-80)79-77(82)71-67-63-59-55-51-47-44-42-40-38-36-34-32-30-28-26-24-22-20-19-21-23-25-27-29-31-33-35-37-39-41-43-45-49-53-57-61-65-69-73-84-78(83)72-68-64-60-56-52-48-18-16-14-12-10-8-6-4-2/h66,70,75-76,80-81H,3-65,67-69,71-74H2,1-2H3,(H,79,82)/b70-66+. The summed E-state index contributed by atoms with van der Waals surface area (Å²) in [7, 11) is 0. The Bertz CT molecular complexity index is 1270. The largest absolute Gasteiger partial charge is 0.466 e. The van der Waals surface area contributed by atoms with Crippen LogP contribution in [0, 0.1) is 0 Å². The van der Waals surface area contributed by atoms with Gasteiger partial charge in [0.25, 0.3) is 0 Å². The molecule has 84 heavy (non-hydrogen) atoms. The summed E-state index contributed by atoms with van der Waals surface area (Å²) in [6, 6.07) is -0.622. The summed E-state index contributed by atoms with van der Waals surface area (Å²) >= 11 is 0. The maximum Gasteiger partial charge on any atom is 0.305 e. The molecule has 500 valence electrons. The number of esters is 1. The third-order valence-corrected chi connectivity index (χ3v) is 18.6. The first-order valence-electron chi connectivity index (χ1n) is 39.0. The molecule has 0 saturated carbocycles. The Morgan fingerprint density at radius 1 is 0.321 bits per heavy atom. The minimum Gasteiger partial charge on any atom is -0.466 e. The minimum absolute atomic E-state index is 0.0271. The highest BCUT2D eigenvalue weighted by molar-refractivity contribution is 5.76. The monoisotopic (exact) mass is 1180 g/mol. The van der Waals surface area contributed by atoms with Crippen molar-refractivity contribution >= 4 is 11.9 Å². The van der Waals surface area contributed by atoms with Crippen LogP contribution in [0.15, 0.2) is 12.2 Å². The summed E-state index contributed by atoms with van der Waals surface area (Å²) in [5.41, 5.74) is 0. The third kappa shape index (κ3) is 69.7. The Hall–Kier alpha value is -1.40. The van der Waals surface area contributed by atoms with Gasteiger partial charge in [-0.2, -0.15) is 0 Å². The van der Waals surface area contributed by atoms with Crippen molar-refractivity contribution in [1.82, 2.24) is 5.32 Å². The molecule has 0 aliphatic rings. The Morgan fingerprint density at radius 3 is 0.810 bits per heavy atom. The summed E-state index contributed by atoms with van der Waals surface area (Å²) < 4.78 is 5.50. The van der Waals surface area contributed by atoms with Crippen molar-refractivity contribution in [1.29, 1.82) is 0 Å². The van der Waals surface area contributed by atoms with Crippen LogP contribution in [0.2, 0.25) is 0 Å². The van der Waals surface area contributed by atoms with Crippen LogP contribution in [-0.2, 0) is 14.3 Å². The van der Waals surface area contributed by atoms with E-state index in [1.165, 1.54) is 385 Å². The minimum atomic E-state index is -0.839. The maximum atomic E-state index is 12.5. The van der Waals surface area contributed by atoms with Crippen LogP contribution in [0.25, 0.3) is 0 Å². The van der Waals surface area contributed by atoms with Gasteiger partial charge in [-0.05, 0) is 32.1 Å². The fourth-order valence-electron chi connectivity index (χ4n) is 12.6. The lowest BCUT2D eigenvalue weighted by molar-refractivity contribution is -0.143. The lowest BCUT2D eigenvalue weighted by atomic mass is 10.0. The van der Waals surface area contributed by atoms with E-state index < -0.39 is 12.1 Å². The number of hydrogen-bond acceptors (Lipinski definition) is 5. The zero-order valence-electron chi connectivity index (χ0n) is 57.4. The van der Waals surface area contributed by atoms with Crippen molar-refractivity contribution in [2.45, 2.75) is 463 Å². The van der Waals surface area contributed by atoms with Gasteiger partial charge in [0.1, 0.15) is 0 Å². The van der Waals surface area contributed by atoms with Crippen LogP contribution in [0.3, 0.4) is 0 Å². The van der Waals surface area contributed by atoms with Crippen LogP contribution >= 0.6 is 0 Å². The molecular formula is C78H153NO5. The molecule has 3 N–H and O–H groups in total. The SMILES string of the molecule is CCCCCCCCCCCCCC/C=C/C(O)C(CO)NC(=O)CCCCCCCCCCCCCCCCCCCCCCCCCCCCCCCCCCCCCCCCCOC(=O)CCCCCCCCCCCCCCCC. The Kier molecular flexibility index (Phi) is 72.8. The molecule has 1 amide bonds. The number of nitrogens with one attached hydrogen (secondary N) is 1. The van der Waals surface area contributed by atoms with Crippen molar-refractivity contribution in [3.8, 4) is 0 Å². The fraction of sp³-hybridized carbons (Fsp3) is 0.949. The third-order valence-electron chi connectivity index (χ3n) is 18.6. The molecule has 0 aliphatic carbocycles. The van der Waals surface area contributed by atoms with Crippen LogP contribution in [0.1, 0.15) is 450 Å². The lowest BCUT2D eigenvalue weighted by Gasteiger charge is -2.20. The highest BCUT2D eigenvalue weighted by atomic mass is 16.5. The van der Waals surface area contributed by atoms with Gasteiger partial charge in [0.05, 0.1) is 25.4 Å². The summed E-state index contributed by atoms with van der Waals surface area (Å²) in [5.74, 6) is -0.0318. The van der Waals surface area contributed by atoms with Crippen molar-refractivity contribution in [3.63, 3.8) is 0 Å². The highest BCUT2D eigenvalue weighted by Crippen LogP contribution is 2.20. The predicted molar refractivity (Wildman–Crippen MR) is 370 cm³/mol. The number of carbonyl (C=O) groups is 2. The number of rotatable bonds is 74. The zero-order chi connectivity index (χ0) is 60.6. The first-order chi connectivity index (χ1) is 41.5. The number of aliphatic hydroxyl groups excluding tert-OH is 2. The fourth-order valence-corrected chi connectivity index (χ4v) is 12.6. The molecule has 0 aromatic heterocycles. The number of unbranched alkanes of at least 4 members (excludes halogenated alkanes) is 63. The van der Waals surface area contributed by atoms with Crippen molar-refractivity contribution in [3.05, 3.63) is 12.2 Å². The predicted octanol–water partition coefficient (Wildman–Crippen LogP) is 25.5. The van der Waals surface area contributed by atoms with E-state index >= 15 is 0 Å². The van der Waals surface area contributed by atoms with E-state index in [2.05, 4.69) is 19.2 Å². The number of carbonyl (C=O) groups excluding carboxylic acids is 2. The molecule has 6 heteroatoms. The van der Waals surface area contributed by atoms with Crippen LogP contribution in [0.5, 0.6) is 0 Å². The van der Waals surface area contributed by atoms with E-state index in [0.717, 1.165) is 38.5 Å². The topological polar surface area (TPSA) is 95.9 Å². The van der Waals surface area contributed by atoms with Gasteiger partial charge < -0.3 is 20.3 Å². The second-order valence-corrected chi connectivity index (χ2v) is 27.1.